The Morgan fingerprint density at radius 2 is 1.86 bits per heavy atom. The number of amides is 1. The van der Waals surface area contributed by atoms with Crippen LogP contribution in [0, 0.1) is 6.92 Å². The number of anilines is 2. The summed E-state index contributed by atoms with van der Waals surface area (Å²) in [5.74, 6) is 2.80. The first-order valence-electron chi connectivity index (χ1n) is 9.04. The molecule has 3 aromatic rings. The van der Waals surface area contributed by atoms with Gasteiger partial charge in [0.05, 0.1) is 7.11 Å². The lowest BCUT2D eigenvalue weighted by Gasteiger charge is -2.10. The zero-order chi connectivity index (χ0) is 20.2. The Hall–Kier alpha value is -3.81. The van der Waals surface area contributed by atoms with Gasteiger partial charge < -0.3 is 24.8 Å². The first-order chi connectivity index (χ1) is 14.1. The standard InChI is InChI=1S/C21H20N4O4/c1-13-23-17(21(26)25-15-5-8-18-19(9-15)29-12-28-18)10-20(24-13)22-11-14-3-6-16(27-2)7-4-14/h3-10H,11-12H2,1-2H3,(H,25,26)(H,22,23,24). The molecule has 0 spiro atoms. The van der Waals surface area contributed by atoms with E-state index in [1.807, 2.05) is 24.3 Å². The molecule has 4 rings (SSSR count). The van der Waals surface area contributed by atoms with Crippen LogP contribution < -0.4 is 24.8 Å². The van der Waals surface area contributed by atoms with E-state index in [0.717, 1.165) is 11.3 Å². The number of aromatic nitrogens is 2. The van der Waals surface area contributed by atoms with Crippen LogP contribution in [-0.2, 0) is 6.54 Å². The summed E-state index contributed by atoms with van der Waals surface area (Å²) in [5, 5.41) is 6.05. The third kappa shape index (κ3) is 4.37. The summed E-state index contributed by atoms with van der Waals surface area (Å²) in [6.07, 6.45) is 0. The van der Waals surface area contributed by atoms with Gasteiger partial charge in [0, 0.05) is 24.4 Å². The maximum atomic E-state index is 12.6. The second-order valence-electron chi connectivity index (χ2n) is 6.41. The first-order valence-corrected chi connectivity index (χ1v) is 9.04. The molecule has 2 N–H and O–H groups in total. The molecule has 8 heteroatoms. The summed E-state index contributed by atoms with van der Waals surface area (Å²) in [6, 6.07) is 14.6. The van der Waals surface area contributed by atoms with E-state index in [1.165, 1.54) is 0 Å². The van der Waals surface area contributed by atoms with Gasteiger partial charge in [-0.15, -0.1) is 0 Å². The van der Waals surface area contributed by atoms with Crippen LogP contribution in [0.2, 0.25) is 0 Å². The number of nitrogens with one attached hydrogen (secondary N) is 2. The van der Waals surface area contributed by atoms with Crippen LogP contribution in [0.15, 0.2) is 48.5 Å². The number of nitrogens with zero attached hydrogens (tertiary/aromatic N) is 2. The molecule has 1 amide bonds. The number of aryl methyl sites for hydroxylation is 1. The molecule has 0 bridgehead atoms. The molecule has 0 saturated heterocycles. The fourth-order valence-corrected chi connectivity index (χ4v) is 2.88. The number of fused-ring (bicyclic) bond motifs is 1. The van der Waals surface area contributed by atoms with Crippen molar-refractivity contribution in [2.75, 3.05) is 24.5 Å². The summed E-state index contributed by atoms with van der Waals surface area (Å²) in [6.45, 7) is 2.49. The quantitative estimate of drug-likeness (QED) is 0.664. The van der Waals surface area contributed by atoms with Gasteiger partial charge in [-0.2, -0.15) is 0 Å². The number of carbonyl (C=O) groups is 1. The van der Waals surface area contributed by atoms with Crippen molar-refractivity contribution in [2.45, 2.75) is 13.5 Å². The normalized spacial score (nSPS) is 11.8. The van der Waals surface area contributed by atoms with E-state index in [0.29, 0.717) is 35.4 Å². The second-order valence-corrected chi connectivity index (χ2v) is 6.41. The van der Waals surface area contributed by atoms with Crippen LogP contribution in [0.25, 0.3) is 0 Å². The Morgan fingerprint density at radius 3 is 2.66 bits per heavy atom. The number of carbonyl (C=O) groups excluding carboxylic acids is 1. The molecule has 0 fully saturated rings. The van der Waals surface area contributed by atoms with Crippen molar-refractivity contribution in [2.24, 2.45) is 0 Å². The van der Waals surface area contributed by atoms with E-state index in [9.17, 15) is 4.79 Å². The number of rotatable bonds is 6. The predicted octanol–water partition coefficient (Wildman–Crippen LogP) is 3.39. The van der Waals surface area contributed by atoms with Crippen molar-refractivity contribution in [3.05, 3.63) is 65.6 Å². The number of ether oxygens (including phenoxy) is 3. The van der Waals surface area contributed by atoms with Gasteiger partial charge in [-0.3, -0.25) is 4.79 Å². The topological polar surface area (TPSA) is 94.6 Å². The van der Waals surface area contributed by atoms with Crippen molar-refractivity contribution in [1.29, 1.82) is 0 Å². The number of benzene rings is 2. The van der Waals surface area contributed by atoms with Gasteiger partial charge in [-0.05, 0) is 36.8 Å². The van der Waals surface area contributed by atoms with Crippen LogP contribution in [0.5, 0.6) is 17.2 Å². The van der Waals surface area contributed by atoms with Gasteiger partial charge in [0.15, 0.2) is 11.5 Å². The SMILES string of the molecule is COc1ccc(CNc2cc(C(=O)Nc3ccc4c(c3)OCO4)nc(C)n2)cc1. The Kier molecular flexibility index (Phi) is 5.15. The minimum Gasteiger partial charge on any atom is -0.497 e. The maximum absolute atomic E-state index is 12.6. The lowest BCUT2D eigenvalue weighted by molar-refractivity contribution is 0.102. The summed E-state index contributed by atoms with van der Waals surface area (Å²) in [5.41, 5.74) is 1.93. The van der Waals surface area contributed by atoms with Gasteiger partial charge in [-0.25, -0.2) is 9.97 Å². The largest absolute Gasteiger partial charge is 0.497 e. The molecule has 0 atom stereocenters. The summed E-state index contributed by atoms with van der Waals surface area (Å²) in [7, 11) is 1.63. The summed E-state index contributed by atoms with van der Waals surface area (Å²) < 4.78 is 15.8. The Balaban J connectivity index is 1.44. The average molecular weight is 392 g/mol. The molecule has 29 heavy (non-hydrogen) atoms. The number of hydrogen-bond acceptors (Lipinski definition) is 7. The molecule has 1 aliphatic heterocycles. The molecular weight excluding hydrogens is 372 g/mol. The van der Waals surface area contributed by atoms with E-state index in [4.69, 9.17) is 14.2 Å². The molecule has 0 saturated carbocycles. The minimum absolute atomic E-state index is 0.182. The second kappa shape index (κ2) is 8.05. The maximum Gasteiger partial charge on any atom is 0.274 e. The van der Waals surface area contributed by atoms with Gasteiger partial charge in [0.25, 0.3) is 5.91 Å². The summed E-state index contributed by atoms with van der Waals surface area (Å²) in [4.78, 5) is 21.2. The average Bonchev–Trinajstić information content (AvgIpc) is 3.20. The lowest BCUT2D eigenvalue weighted by atomic mass is 10.2. The third-order valence-electron chi connectivity index (χ3n) is 4.33. The molecule has 8 nitrogen and oxygen atoms in total. The number of methoxy groups -OCH3 is 1. The molecule has 2 aromatic carbocycles. The highest BCUT2D eigenvalue weighted by Gasteiger charge is 2.16. The van der Waals surface area contributed by atoms with Crippen LogP contribution in [0.1, 0.15) is 21.9 Å². The lowest BCUT2D eigenvalue weighted by Crippen LogP contribution is -2.15. The van der Waals surface area contributed by atoms with E-state index < -0.39 is 0 Å². The molecule has 1 aliphatic rings. The monoisotopic (exact) mass is 392 g/mol. The Morgan fingerprint density at radius 1 is 1.07 bits per heavy atom. The predicted molar refractivity (Wildman–Crippen MR) is 108 cm³/mol. The van der Waals surface area contributed by atoms with Crippen LogP contribution >= 0.6 is 0 Å². The highest BCUT2D eigenvalue weighted by atomic mass is 16.7. The summed E-state index contributed by atoms with van der Waals surface area (Å²) >= 11 is 0. The van der Waals surface area contributed by atoms with Crippen molar-refractivity contribution >= 4 is 17.4 Å². The van der Waals surface area contributed by atoms with Crippen LogP contribution in [0.4, 0.5) is 11.5 Å². The van der Waals surface area contributed by atoms with Gasteiger partial charge in [0.2, 0.25) is 6.79 Å². The molecule has 2 heterocycles. The minimum atomic E-state index is -0.332. The van der Waals surface area contributed by atoms with Gasteiger partial charge in [-0.1, -0.05) is 12.1 Å². The number of hydrogen-bond donors (Lipinski definition) is 2. The third-order valence-corrected chi connectivity index (χ3v) is 4.33. The highest BCUT2D eigenvalue weighted by molar-refractivity contribution is 6.03. The molecule has 148 valence electrons. The van der Waals surface area contributed by atoms with E-state index in [1.54, 1.807) is 38.3 Å². The van der Waals surface area contributed by atoms with Crippen molar-refractivity contribution in [3.8, 4) is 17.2 Å². The van der Waals surface area contributed by atoms with Gasteiger partial charge in [0.1, 0.15) is 23.1 Å². The van der Waals surface area contributed by atoms with E-state index in [-0.39, 0.29) is 18.4 Å². The molecule has 1 aromatic heterocycles. The zero-order valence-electron chi connectivity index (χ0n) is 16.1. The smallest absolute Gasteiger partial charge is 0.274 e. The van der Waals surface area contributed by atoms with Crippen molar-refractivity contribution < 1.29 is 19.0 Å². The van der Waals surface area contributed by atoms with Gasteiger partial charge >= 0.3 is 0 Å². The highest BCUT2D eigenvalue weighted by Crippen LogP contribution is 2.34. The zero-order valence-corrected chi connectivity index (χ0v) is 16.1. The Labute approximate surface area is 167 Å². The molecule has 0 radical (unpaired) electrons. The van der Waals surface area contributed by atoms with Crippen molar-refractivity contribution in [3.63, 3.8) is 0 Å². The van der Waals surface area contributed by atoms with Crippen molar-refractivity contribution in [1.82, 2.24) is 9.97 Å². The van der Waals surface area contributed by atoms with E-state index in [2.05, 4.69) is 20.6 Å². The van der Waals surface area contributed by atoms with Crippen LogP contribution in [0.3, 0.4) is 0 Å². The molecule has 0 unspecified atom stereocenters. The fraction of sp³-hybridized carbons (Fsp3) is 0.190. The Bertz CT molecular complexity index is 1040. The first kappa shape index (κ1) is 18.5. The fourth-order valence-electron chi connectivity index (χ4n) is 2.88. The van der Waals surface area contributed by atoms with Crippen LogP contribution in [-0.4, -0.2) is 29.8 Å². The molecular formula is C21H20N4O4. The molecule has 0 aliphatic carbocycles. The van der Waals surface area contributed by atoms with E-state index >= 15 is 0 Å².